The Bertz CT molecular complexity index is 546. The third-order valence-electron chi connectivity index (χ3n) is 6.54. The van der Waals surface area contributed by atoms with Crippen LogP contribution in [0.1, 0.15) is 71.1 Å². The van der Waals surface area contributed by atoms with Crippen molar-refractivity contribution in [2.75, 3.05) is 19.7 Å². The van der Waals surface area contributed by atoms with Crippen molar-refractivity contribution in [1.82, 2.24) is 15.5 Å². The van der Waals surface area contributed by atoms with Crippen LogP contribution in [0.5, 0.6) is 0 Å². The van der Waals surface area contributed by atoms with E-state index in [-0.39, 0.29) is 35.8 Å². The third-order valence-corrected chi connectivity index (χ3v) is 6.54. The van der Waals surface area contributed by atoms with Gasteiger partial charge in [-0.15, -0.1) is 0 Å². The summed E-state index contributed by atoms with van der Waals surface area (Å²) in [6.07, 6.45) is 9.11. The molecule has 3 fully saturated rings. The van der Waals surface area contributed by atoms with E-state index in [0.717, 1.165) is 51.4 Å². The number of hydrogen-bond donors (Lipinski definition) is 2. The number of nitrogens with zero attached hydrogens (tertiary/aromatic N) is 1. The minimum absolute atomic E-state index is 0.0126. The van der Waals surface area contributed by atoms with Crippen molar-refractivity contribution < 1.29 is 19.1 Å². The van der Waals surface area contributed by atoms with Crippen LogP contribution in [-0.2, 0) is 14.3 Å². The van der Waals surface area contributed by atoms with Crippen LogP contribution in [0.15, 0.2) is 0 Å². The number of amides is 3. The summed E-state index contributed by atoms with van der Waals surface area (Å²) in [5.41, 5.74) is 0. The number of hydrogen-bond acceptors (Lipinski definition) is 4. The molecule has 3 rings (SSSR count). The Kier molecular flexibility index (Phi) is 7.57. The number of carbonyl (C=O) groups is 3. The van der Waals surface area contributed by atoms with Crippen LogP contribution < -0.4 is 10.6 Å². The molecule has 2 saturated carbocycles. The van der Waals surface area contributed by atoms with E-state index in [0.29, 0.717) is 25.7 Å². The molecule has 158 valence electrons. The number of ether oxygens (including phenoxy) is 1. The Balaban J connectivity index is 1.35. The first kappa shape index (κ1) is 20.9. The highest BCUT2D eigenvalue weighted by Crippen LogP contribution is 2.30. The molecule has 7 heteroatoms. The van der Waals surface area contributed by atoms with Crippen molar-refractivity contribution in [3.05, 3.63) is 0 Å². The maximum Gasteiger partial charge on any atom is 0.409 e. The minimum atomic E-state index is -0.263. The van der Waals surface area contributed by atoms with E-state index in [1.807, 2.05) is 0 Å². The quantitative estimate of drug-likeness (QED) is 0.751. The Hall–Kier alpha value is -1.79. The van der Waals surface area contributed by atoms with Crippen molar-refractivity contribution in [3.63, 3.8) is 0 Å². The van der Waals surface area contributed by atoms with Crippen molar-refractivity contribution in [3.8, 4) is 0 Å². The van der Waals surface area contributed by atoms with Crippen LogP contribution >= 0.6 is 0 Å². The van der Waals surface area contributed by atoms with Crippen LogP contribution in [0.25, 0.3) is 0 Å². The van der Waals surface area contributed by atoms with Gasteiger partial charge in [0.2, 0.25) is 11.8 Å². The maximum absolute atomic E-state index is 12.6. The van der Waals surface area contributed by atoms with Gasteiger partial charge >= 0.3 is 6.09 Å². The van der Waals surface area contributed by atoms with Gasteiger partial charge in [-0.05, 0) is 58.3 Å². The van der Waals surface area contributed by atoms with Gasteiger partial charge in [0.1, 0.15) is 0 Å². The summed E-state index contributed by atoms with van der Waals surface area (Å²) >= 11 is 0. The lowest BCUT2D eigenvalue weighted by molar-refractivity contribution is -0.131. The van der Waals surface area contributed by atoms with Gasteiger partial charge in [-0.2, -0.15) is 0 Å². The molecule has 0 aromatic carbocycles. The molecule has 1 heterocycles. The first-order valence-corrected chi connectivity index (χ1v) is 11.1. The Labute approximate surface area is 167 Å². The molecule has 28 heavy (non-hydrogen) atoms. The molecule has 1 aliphatic heterocycles. The van der Waals surface area contributed by atoms with Gasteiger partial charge in [-0.3, -0.25) is 9.59 Å². The number of carbonyl (C=O) groups excluding carboxylic acids is 3. The Morgan fingerprint density at radius 3 is 1.71 bits per heavy atom. The van der Waals surface area contributed by atoms with E-state index in [2.05, 4.69) is 10.6 Å². The zero-order valence-electron chi connectivity index (χ0n) is 17.1. The van der Waals surface area contributed by atoms with Gasteiger partial charge in [-0.1, -0.05) is 12.8 Å². The summed E-state index contributed by atoms with van der Waals surface area (Å²) in [5, 5.41) is 6.36. The molecule has 2 aliphatic carbocycles. The summed E-state index contributed by atoms with van der Waals surface area (Å²) in [7, 11) is 0. The Morgan fingerprint density at radius 2 is 1.25 bits per heavy atom. The van der Waals surface area contributed by atoms with Gasteiger partial charge in [-0.25, -0.2) is 4.79 Å². The fourth-order valence-electron chi connectivity index (χ4n) is 4.75. The van der Waals surface area contributed by atoms with E-state index in [4.69, 9.17) is 4.74 Å². The second kappa shape index (κ2) is 10.1. The zero-order chi connectivity index (χ0) is 19.9. The summed E-state index contributed by atoms with van der Waals surface area (Å²) in [4.78, 5) is 38.5. The number of likely N-dealkylation sites (tertiary alicyclic amines) is 1. The first-order valence-electron chi connectivity index (χ1n) is 11.1. The fraction of sp³-hybridized carbons (Fsp3) is 0.857. The molecule has 0 spiro atoms. The molecule has 0 unspecified atom stereocenters. The van der Waals surface area contributed by atoms with Gasteiger partial charge in [0, 0.05) is 37.0 Å². The molecule has 7 nitrogen and oxygen atoms in total. The molecule has 0 atom stereocenters. The van der Waals surface area contributed by atoms with E-state index >= 15 is 0 Å². The molecule has 1 saturated heterocycles. The average Bonchev–Trinajstić information content (AvgIpc) is 3.22. The topological polar surface area (TPSA) is 87.7 Å². The van der Waals surface area contributed by atoms with E-state index in [9.17, 15) is 14.4 Å². The molecule has 0 aromatic rings. The van der Waals surface area contributed by atoms with Gasteiger partial charge < -0.3 is 20.3 Å². The summed E-state index contributed by atoms with van der Waals surface area (Å²) < 4.78 is 5.03. The van der Waals surface area contributed by atoms with Gasteiger partial charge in [0.05, 0.1) is 6.61 Å². The molecular formula is C21H35N3O4. The summed E-state index contributed by atoms with van der Waals surface area (Å²) in [6.45, 7) is 3.44. The second-order valence-electron chi connectivity index (χ2n) is 8.51. The largest absolute Gasteiger partial charge is 0.450 e. The first-order chi connectivity index (χ1) is 13.6. The highest BCUT2D eigenvalue weighted by molar-refractivity contribution is 5.81. The lowest BCUT2D eigenvalue weighted by Gasteiger charge is -2.33. The predicted molar refractivity (Wildman–Crippen MR) is 106 cm³/mol. The number of nitrogens with one attached hydrogen (secondary N) is 2. The van der Waals surface area contributed by atoms with E-state index < -0.39 is 0 Å². The Morgan fingerprint density at radius 1 is 0.786 bits per heavy atom. The molecule has 3 aliphatic rings. The van der Waals surface area contributed by atoms with E-state index in [1.54, 1.807) is 11.8 Å². The monoisotopic (exact) mass is 393 g/mol. The molecule has 0 aromatic heterocycles. The van der Waals surface area contributed by atoms with Crippen molar-refractivity contribution >= 4 is 17.9 Å². The fourth-order valence-corrected chi connectivity index (χ4v) is 4.75. The number of piperidine rings is 1. The van der Waals surface area contributed by atoms with Gasteiger partial charge in [0.25, 0.3) is 0 Å². The molecule has 0 radical (unpaired) electrons. The van der Waals surface area contributed by atoms with Crippen molar-refractivity contribution in [2.24, 2.45) is 11.8 Å². The van der Waals surface area contributed by atoms with Crippen LogP contribution in [0.2, 0.25) is 0 Å². The van der Waals surface area contributed by atoms with Crippen LogP contribution in [-0.4, -0.2) is 54.6 Å². The lowest BCUT2D eigenvalue weighted by atomic mass is 9.81. The summed E-state index contributed by atoms with van der Waals surface area (Å²) in [5.74, 6) is 0.386. The highest BCUT2D eigenvalue weighted by Gasteiger charge is 2.32. The molecule has 3 amide bonds. The number of rotatable bonds is 5. The smallest absolute Gasteiger partial charge is 0.409 e. The molecule has 0 bridgehead atoms. The second-order valence-corrected chi connectivity index (χ2v) is 8.51. The van der Waals surface area contributed by atoms with Crippen LogP contribution in [0.3, 0.4) is 0 Å². The van der Waals surface area contributed by atoms with Crippen LogP contribution in [0.4, 0.5) is 4.79 Å². The average molecular weight is 394 g/mol. The third kappa shape index (κ3) is 5.61. The highest BCUT2D eigenvalue weighted by atomic mass is 16.6. The van der Waals surface area contributed by atoms with Crippen molar-refractivity contribution in [2.45, 2.75) is 83.2 Å². The molecule has 2 N–H and O–H groups in total. The van der Waals surface area contributed by atoms with Crippen LogP contribution in [0, 0.1) is 11.8 Å². The normalized spacial score (nSPS) is 26.7. The zero-order valence-corrected chi connectivity index (χ0v) is 17.1. The standard InChI is InChI=1S/C21H35N3O4/c1-2-28-21(27)24-13-11-18(12-14-24)23-20(26)16-9-7-15(8-10-16)19(25)22-17-5-3-4-6-17/h15-18H,2-14H2,1H3,(H,22,25)(H,23,26). The van der Waals surface area contributed by atoms with Crippen molar-refractivity contribution in [1.29, 1.82) is 0 Å². The minimum Gasteiger partial charge on any atom is -0.450 e. The maximum atomic E-state index is 12.6. The molecular weight excluding hydrogens is 358 g/mol. The van der Waals surface area contributed by atoms with E-state index in [1.165, 1.54) is 12.8 Å². The summed E-state index contributed by atoms with van der Waals surface area (Å²) in [6, 6.07) is 0.496. The van der Waals surface area contributed by atoms with Gasteiger partial charge in [0.15, 0.2) is 0 Å². The SMILES string of the molecule is CCOC(=O)N1CCC(NC(=O)C2CCC(C(=O)NC3CCCC3)CC2)CC1. The lowest BCUT2D eigenvalue weighted by Crippen LogP contribution is -2.48. The predicted octanol–water partition coefficient (Wildman–Crippen LogP) is 2.59.